The molecule has 5 heteroatoms. The maximum absolute atomic E-state index is 14.0. The van der Waals surface area contributed by atoms with Crippen molar-refractivity contribution in [2.75, 3.05) is 7.05 Å². The Kier molecular flexibility index (Phi) is 4.47. The quantitative estimate of drug-likeness (QED) is 0.619. The molecule has 1 aromatic rings. The molecule has 0 unspecified atom stereocenters. The first-order chi connectivity index (χ1) is 9.09. The summed E-state index contributed by atoms with van der Waals surface area (Å²) in [7, 11) is 1.97. The first kappa shape index (κ1) is 13.9. The highest BCUT2D eigenvalue weighted by Gasteiger charge is 2.22. The zero-order valence-corrected chi connectivity index (χ0v) is 11.1. The van der Waals surface area contributed by atoms with Crippen molar-refractivity contribution in [3.8, 4) is 0 Å². The number of benzene rings is 1. The SMILES string of the molecule is CN(Cc1cccc([N+](=O)[O-])c1F)C1CCCCC1. The molecular formula is C14H19FN2O2. The van der Waals surface area contributed by atoms with E-state index in [1.165, 1.54) is 25.3 Å². The summed E-state index contributed by atoms with van der Waals surface area (Å²) >= 11 is 0. The van der Waals surface area contributed by atoms with Crippen molar-refractivity contribution in [2.24, 2.45) is 0 Å². The third-order valence-electron chi connectivity index (χ3n) is 3.87. The summed E-state index contributed by atoms with van der Waals surface area (Å²) in [6.07, 6.45) is 5.97. The lowest BCUT2D eigenvalue weighted by Crippen LogP contribution is -2.33. The minimum atomic E-state index is -0.699. The molecule has 1 fully saturated rings. The molecular weight excluding hydrogens is 247 g/mol. The first-order valence-corrected chi connectivity index (χ1v) is 6.71. The predicted molar refractivity (Wildman–Crippen MR) is 71.4 cm³/mol. The Hall–Kier alpha value is -1.49. The van der Waals surface area contributed by atoms with Crippen molar-refractivity contribution in [2.45, 2.75) is 44.7 Å². The van der Waals surface area contributed by atoms with Gasteiger partial charge in [0, 0.05) is 24.2 Å². The van der Waals surface area contributed by atoms with E-state index in [9.17, 15) is 14.5 Å². The Morgan fingerprint density at radius 2 is 2.05 bits per heavy atom. The van der Waals surface area contributed by atoms with Crippen molar-refractivity contribution in [3.05, 3.63) is 39.7 Å². The second kappa shape index (κ2) is 6.10. The lowest BCUT2D eigenvalue weighted by atomic mass is 9.94. The molecule has 1 saturated carbocycles. The van der Waals surface area contributed by atoms with E-state index in [-0.39, 0.29) is 0 Å². The van der Waals surface area contributed by atoms with Crippen LogP contribution in [0.1, 0.15) is 37.7 Å². The van der Waals surface area contributed by atoms with Gasteiger partial charge in [-0.15, -0.1) is 0 Å². The fourth-order valence-electron chi connectivity index (χ4n) is 2.75. The molecule has 19 heavy (non-hydrogen) atoms. The molecule has 1 aromatic carbocycles. The highest BCUT2D eigenvalue weighted by atomic mass is 19.1. The summed E-state index contributed by atoms with van der Waals surface area (Å²) in [5, 5.41) is 10.7. The van der Waals surface area contributed by atoms with Crippen LogP contribution in [0.25, 0.3) is 0 Å². The third kappa shape index (κ3) is 3.29. The van der Waals surface area contributed by atoms with Crippen LogP contribution in [0.5, 0.6) is 0 Å². The average molecular weight is 266 g/mol. The summed E-state index contributed by atoms with van der Waals surface area (Å²) in [6, 6.07) is 4.85. The van der Waals surface area contributed by atoms with Gasteiger partial charge in [0.15, 0.2) is 0 Å². The molecule has 1 aliphatic carbocycles. The molecule has 0 heterocycles. The maximum Gasteiger partial charge on any atom is 0.305 e. The van der Waals surface area contributed by atoms with Crippen LogP contribution in [0.15, 0.2) is 18.2 Å². The van der Waals surface area contributed by atoms with Gasteiger partial charge in [0.2, 0.25) is 5.82 Å². The predicted octanol–water partition coefficient (Wildman–Crippen LogP) is 3.50. The monoisotopic (exact) mass is 266 g/mol. The topological polar surface area (TPSA) is 46.4 Å². The summed E-state index contributed by atoms with van der Waals surface area (Å²) in [5.41, 5.74) is -0.0307. The number of nitro benzene ring substituents is 1. The van der Waals surface area contributed by atoms with Crippen LogP contribution >= 0.6 is 0 Å². The van der Waals surface area contributed by atoms with Crippen LogP contribution in [0.4, 0.5) is 10.1 Å². The van der Waals surface area contributed by atoms with Gasteiger partial charge in [0.25, 0.3) is 0 Å². The van der Waals surface area contributed by atoms with Crippen molar-refractivity contribution in [1.82, 2.24) is 4.90 Å². The summed E-state index contributed by atoms with van der Waals surface area (Å²) in [6.45, 7) is 0.429. The average Bonchev–Trinajstić information content (AvgIpc) is 2.41. The van der Waals surface area contributed by atoms with Gasteiger partial charge in [0.1, 0.15) is 0 Å². The Morgan fingerprint density at radius 3 is 2.68 bits per heavy atom. The number of hydrogen-bond acceptors (Lipinski definition) is 3. The summed E-state index contributed by atoms with van der Waals surface area (Å²) < 4.78 is 14.0. The molecule has 104 valence electrons. The molecule has 0 aromatic heterocycles. The van der Waals surface area contributed by atoms with E-state index < -0.39 is 16.4 Å². The Morgan fingerprint density at radius 1 is 1.37 bits per heavy atom. The van der Waals surface area contributed by atoms with Crippen molar-refractivity contribution in [3.63, 3.8) is 0 Å². The zero-order valence-electron chi connectivity index (χ0n) is 11.1. The number of halogens is 1. The molecule has 4 nitrogen and oxygen atoms in total. The van der Waals surface area contributed by atoms with Crippen LogP contribution in [0.3, 0.4) is 0 Å². The maximum atomic E-state index is 14.0. The highest BCUT2D eigenvalue weighted by molar-refractivity contribution is 5.36. The second-order valence-electron chi connectivity index (χ2n) is 5.21. The van der Waals surface area contributed by atoms with Gasteiger partial charge in [-0.2, -0.15) is 4.39 Å². The first-order valence-electron chi connectivity index (χ1n) is 6.71. The molecule has 0 N–H and O–H groups in total. The zero-order chi connectivity index (χ0) is 13.8. The standard InChI is InChI=1S/C14H19FN2O2/c1-16(12-7-3-2-4-8-12)10-11-6-5-9-13(14(11)15)17(18)19/h5-6,9,12H,2-4,7-8,10H2,1H3. The van der Waals surface area contributed by atoms with E-state index in [2.05, 4.69) is 4.90 Å². The lowest BCUT2D eigenvalue weighted by molar-refractivity contribution is -0.387. The van der Waals surface area contributed by atoms with E-state index in [0.29, 0.717) is 18.2 Å². The molecule has 2 rings (SSSR count). The van der Waals surface area contributed by atoms with Crippen molar-refractivity contribution >= 4 is 5.69 Å². The van der Waals surface area contributed by atoms with Gasteiger partial charge in [-0.05, 0) is 19.9 Å². The Balaban J connectivity index is 2.10. The van der Waals surface area contributed by atoms with Crippen molar-refractivity contribution in [1.29, 1.82) is 0 Å². The largest absolute Gasteiger partial charge is 0.305 e. The fourth-order valence-corrected chi connectivity index (χ4v) is 2.75. The minimum Gasteiger partial charge on any atom is -0.299 e. The van der Waals surface area contributed by atoms with Crippen LogP contribution in [0, 0.1) is 15.9 Å². The molecule has 0 bridgehead atoms. The van der Waals surface area contributed by atoms with E-state index in [1.54, 1.807) is 12.1 Å². The van der Waals surface area contributed by atoms with Gasteiger partial charge >= 0.3 is 5.69 Å². The molecule has 0 radical (unpaired) electrons. The van der Waals surface area contributed by atoms with Crippen LogP contribution in [0.2, 0.25) is 0 Å². The molecule has 0 spiro atoms. The van der Waals surface area contributed by atoms with Gasteiger partial charge in [-0.1, -0.05) is 31.4 Å². The van der Waals surface area contributed by atoms with E-state index in [0.717, 1.165) is 12.8 Å². The van der Waals surface area contributed by atoms with Gasteiger partial charge in [-0.3, -0.25) is 15.0 Å². The highest BCUT2D eigenvalue weighted by Crippen LogP contribution is 2.25. The van der Waals surface area contributed by atoms with Gasteiger partial charge in [0.05, 0.1) is 4.92 Å². The normalized spacial score (nSPS) is 16.8. The smallest absolute Gasteiger partial charge is 0.299 e. The molecule has 1 aliphatic rings. The molecule has 0 atom stereocenters. The number of nitro groups is 1. The third-order valence-corrected chi connectivity index (χ3v) is 3.87. The summed E-state index contributed by atoms with van der Waals surface area (Å²) in [4.78, 5) is 12.2. The molecule has 0 amide bonds. The molecule has 0 saturated heterocycles. The second-order valence-corrected chi connectivity index (χ2v) is 5.21. The van der Waals surface area contributed by atoms with E-state index >= 15 is 0 Å². The molecule has 0 aliphatic heterocycles. The minimum absolute atomic E-state index is 0.405. The lowest BCUT2D eigenvalue weighted by Gasteiger charge is -2.31. The van der Waals surface area contributed by atoms with Crippen molar-refractivity contribution < 1.29 is 9.31 Å². The van der Waals surface area contributed by atoms with E-state index in [1.807, 2.05) is 7.05 Å². The summed E-state index contributed by atoms with van der Waals surface area (Å²) in [5.74, 6) is -0.699. The van der Waals surface area contributed by atoms with Crippen LogP contribution in [-0.2, 0) is 6.54 Å². The number of nitrogens with zero attached hydrogens (tertiary/aromatic N) is 2. The number of rotatable bonds is 4. The van der Waals surface area contributed by atoms with Gasteiger partial charge in [-0.25, -0.2) is 0 Å². The van der Waals surface area contributed by atoms with Crippen LogP contribution in [-0.4, -0.2) is 22.9 Å². The Labute approximate surface area is 112 Å². The van der Waals surface area contributed by atoms with Crippen LogP contribution < -0.4 is 0 Å². The van der Waals surface area contributed by atoms with Gasteiger partial charge < -0.3 is 0 Å². The Bertz CT molecular complexity index is 459. The number of hydrogen-bond donors (Lipinski definition) is 0. The fraction of sp³-hybridized carbons (Fsp3) is 0.571. The van der Waals surface area contributed by atoms with E-state index in [4.69, 9.17) is 0 Å².